The minimum absolute atomic E-state index is 0.174. The van der Waals surface area contributed by atoms with Crippen molar-refractivity contribution in [1.82, 2.24) is 5.32 Å². The van der Waals surface area contributed by atoms with Crippen LogP contribution in [-0.4, -0.2) is 35.9 Å². The smallest absolute Gasteiger partial charge is 0.317 e. The van der Waals surface area contributed by atoms with E-state index in [1.165, 1.54) is 0 Å². The first kappa shape index (κ1) is 15.5. The number of aliphatic hydroxyl groups excluding tert-OH is 1. The van der Waals surface area contributed by atoms with Crippen LogP contribution in [0.25, 0.3) is 0 Å². The summed E-state index contributed by atoms with van der Waals surface area (Å²) < 4.78 is 5.18. The van der Waals surface area contributed by atoms with Crippen LogP contribution in [0.5, 0.6) is 5.75 Å². The number of ether oxygens (including phenoxy) is 1. The van der Waals surface area contributed by atoms with Gasteiger partial charge in [0.15, 0.2) is 0 Å². The zero-order valence-electron chi connectivity index (χ0n) is 11.7. The van der Waals surface area contributed by atoms with Gasteiger partial charge >= 0.3 is 5.97 Å². The van der Waals surface area contributed by atoms with E-state index >= 15 is 0 Å². The first-order chi connectivity index (χ1) is 8.86. The van der Waals surface area contributed by atoms with E-state index < -0.39 is 12.1 Å². The average molecular weight is 267 g/mol. The van der Waals surface area contributed by atoms with Gasteiger partial charge < -0.3 is 20.3 Å². The Balaban J connectivity index is 2.92. The number of carbonyl (C=O) groups is 1. The number of aliphatic carboxylic acids is 1. The van der Waals surface area contributed by atoms with Crippen LogP contribution in [0.15, 0.2) is 12.1 Å². The second-order valence-corrected chi connectivity index (χ2v) is 4.68. The summed E-state index contributed by atoms with van der Waals surface area (Å²) in [4.78, 5) is 10.5. The Labute approximate surface area is 113 Å². The molecule has 0 aliphatic carbocycles. The number of hydrogen-bond acceptors (Lipinski definition) is 4. The maximum Gasteiger partial charge on any atom is 0.317 e. The van der Waals surface area contributed by atoms with Gasteiger partial charge in [0.05, 0.1) is 19.8 Å². The molecule has 0 aliphatic heterocycles. The van der Waals surface area contributed by atoms with E-state index in [0.717, 1.165) is 22.4 Å². The Morgan fingerprint density at radius 1 is 1.37 bits per heavy atom. The number of aliphatic hydroxyl groups is 1. The van der Waals surface area contributed by atoms with E-state index in [1.54, 1.807) is 14.0 Å². The summed E-state index contributed by atoms with van der Waals surface area (Å²) >= 11 is 0. The van der Waals surface area contributed by atoms with Crippen molar-refractivity contribution in [3.05, 3.63) is 28.8 Å². The Bertz CT molecular complexity index is 436. The van der Waals surface area contributed by atoms with Gasteiger partial charge in [0.25, 0.3) is 0 Å². The molecule has 0 radical (unpaired) electrons. The fourth-order valence-electron chi connectivity index (χ4n) is 2.13. The minimum atomic E-state index is -0.942. The van der Waals surface area contributed by atoms with Crippen molar-refractivity contribution < 1.29 is 19.7 Å². The van der Waals surface area contributed by atoms with Crippen molar-refractivity contribution in [1.29, 1.82) is 0 Å². The van der Waals surface area contributed by atoms with E-state index in [-0.39, 0.29) is 12.6 Å². The molecule has 1 aromatic carbocycles. The molecule has 0 saturated carbocycles. The lowest BCUT2D eigenvalue weighted by atomic mass is 9.94. The summed E-state index contributed by atoms with van der Waals surface area (Å²) in [6.07, 6.45) is -0.759. The van der Waals surface area contributed by atoms with Gasteiger partial charge in [0.2, 0.25) is 0 Å². The molecule has 0 aromatic heterocycles. The SMILES string of the molecule is COc1cc(C)c(C(O)C(C)NCC(=O)O)c(C)c1. The zero-order valence-corrected chi connectivity index (χ0v) is 11.7. The fraction of sp³-hybridized carbons (Fsp3) is 0.500. The van der Waals surface area contributed by atoms with Crippen LogP contribution in [0, 0.1) is 13.8 Å². The molecule has 0 saturated heterocycles. The van der Waals surface area contributed by atoms with Crippen LogP contribution in [0.3, 0.4) is 0 Å². The van der Waals surface area contributed by atoms with Gasteiger partial charge in [-0.1, -0.05) is 0 Å². The lowest BCUT2D eigenvalue weighted by Crippen LogP contribution is -2.36. The Kier molecular flexibility index (Phi) is 5.32. The fourth-order valence-corrected chi connectivity index (χ4v) is 2.13. The van der Waals surface area contributed by atoms with Crippen LogP contribution in [-0.2, 0) is 4.79 Å². The largest absolute Gasteiger partial charge is 0.497 e. The van der Waals surface area contributed by atoms with Crippen molar-refractivity contribution in [3.8, 4) is 5.75 Å². The number of hydrogen-bond donors (Lipinski definition) is 3. The topological polar surface area (TPSA) is 78.8 Å². The quantitative estimate of drug-likeness (QED) is 0.726. The summed E-state index contributed by atoms with van der Waals surface area (Å²) in [5.41, 5.74) is 2.66. The number of nitrogens with one attached hydrogen (secondary N) is 1. The molecule has 0 amide bonds. The summed E-state index contributed by atoms with van der Waals surface area (Å²) in [6, 6.07) is 3.37. The van der Waals surface area contributed by atoms with Crippen molar-refractivity contribution in [3.63, 3.8) is 0 Å². The van der Waals surface area contributed by atoms with E-state index in [0.29, 0.717) is 0 Å². The van der Waals surface area contributed by atoms with Crippen LogP contribution < -0.4 is 10.1 Å². The number of rotatable bonds is 6. The molecule has 1 rings (SSSR count). The summed E-state index contributed by atoms with van der Waals surface area (Å²) in [7, 11) is 1.60. The molecule has 2 unspecified atom stereocenters. The van der Waals surface area contributed by atoms with Crippen molar-refractivity contribution in [2.45, 2.75) is 32.9 Å². The van der Waals surface area contributed by atoms with E-state index in [1.807, 2.05) is 26.0 Å². The molecule has 106 valence electrons. The summed E-state index contributed by atoms with van der Waals surface area (Å²) in [5.74, 6) is -0.195. The minimum Gasteiger partial charge on any atom is -0.497 e. The highest BCUT2D eigenvalue weighted by molar-refractivity contribution is 5.69. The van der Waals surface area contributed by atoms with Gasteiger partial charge in [-0.05, 0) is 49.6 Å². The average Bonchev–Trinajstić information content (AvgIpc) is 2.34. The third kappa shape index (κ3) is 3.94. The Morgan fingerprint density at radius 2 is 1.89 bits per heavy atom. The monoisotopic (exact) mass is 267 g/mol. The number of carboxylic acids is 1. The van der Waals surface area contributed by atoms with Gasteiger partial charge in [-0.25, -0.2) is 0 Å². The Hall–Kier alpha value is -1.59. The van der Waals surface area contributed by atoms with Gasteiger partial charge in [-0.2, -0.15) is 0 Å². The van der Waals surface area contributed by atoms with Crippen molar-refractivity contribution in [2.75, 3.05) is 13.7 Å². The highest BCUT2D eigenvalue weighted by atomic mass is 16.5. The molecule has 2 atom stereocenters. The van der Waals surface area contributed by atoms with Crippen LogP contribution in [0.1, 0.15) is 29.7 Å². The molecule has 0 fully saturated rings. The van der Waals surface area contributed by atoms with Gasteiger partial charge in [-0.3, -0.25) is 4.79 Å². The molecular weight excluding hydrogens is 246 g/mol. The third-order valence-electron chi connectivity index (χ3n) is 3.15. The summed E-state index contributed by atoms with van der Waals surface area (Å²) in [6.45, 7) is 5.39. The number of aryl methyl sites for hydroxylation is 2. The molecule has 0 bridgehead atoms. The van der Waals surface area contributed by atoms with E-state index in [9.17, 15) is 9.90 Å². The molecule has 0 aliphatic rings. The maximum atomic E-state index is 10.5. The summed E-state index contributed by atoms with van der Waals surface area (Å²) in [5, 5.41) is 21.7. The predicted octanol–water partition coefficient (Wildman–Crippen LogP) is 1.41. The molecule has 0 spiro atoms. The molecule has 19 heavy (non-hydrogen) atoms. The first-order valence-electron chi connectivity index (χ1n) is 6.15. The van der Waals surface area contributed by atoms with E-state index in [2.05, 4.69) is 5.32 Å². The third-order valence-corrected chi connectivity index (χ3v) is 3.15. The van der Waals surface area contributed by atoms with Crippen molar-refractivity contribution in [2.24, 2.45) is 0 Å². The molecule has 0 heterocycles. The first-order valence-corrected chi connectivity index (χ1v) is 6.15. The number of methoxy groups -OCH3 is 1. The molecule has 3 N–H and O–H groups in total. The molecule has 5 heteroatoms. The van der Waals surface area contributed by atoms with Crippen LogP contribution in [0.2, 0.25) is 0 Å². The number of benzene rings is 1. The Morgan fingerprint density at radius 3 is 2.32 bits per heavy atom. The predicted molar refractivity (Wildman–Crippen MR) is 72.5 cm³/mol. The van der Waals surface area contributed by atoms with Crippen molar-refractivity contribution >= 4 is 5.97 Å². The van der Waals surface area contributed by atoms with Gasteiger partial charge in [0, 0.05) is 6.04 Å². The normalized spacial score (nSPS) is 13.9. The van der Waals surface area contributed by atoms with Gasteiger partial charge in [0.1, 0.15) is 5.75 Å². The second kappa shape index (κ2) is 6.54. The lowest BCUT2D eigenvalue weighted by molar-refractivity contribution is -0.136. The molecular formula is C14H21NO4. The van der Waals surface area contributed by atoms with Crippen LogP contribution >= 0.6 is 0 Å². The highest BCUT2D eigenvalue weighted by Gasteiger charge is 2.21. The van der Waals surface area contributed by atoms with Gasteiger partial charge in [-0.15, -0.1) is 0 Å². The molecule has 5 nitrogen and oxygen atoms in total. The zero-order chi connectivity index (χ0) is 14.6. The van der Waals surface area contributed by atoms with Crippen LogP contribution in [0.4, 0.5) is 0 Å². The molecule has 1 aromatic rings. The lowest BCUT2D eigenvalue weighted by Gasteiger charge is -2.23. The number of carboxylic acid groups (broad SMARTS) is 1. The second-order valence-electron chi connectivity index (χ2n) is 4.68. The standard InChI is InChI=1S/C14H21NO4/c1-8-5-11(19-4)6-9(2)13(8)14(18)10(3)15-7-12(16)17/h5-6,10,14-15,18H,7H2,1-4H3,(H,16,17). The van der Waals surface area contributed by atoms with E-state index in [4.69, 9.17) is 9.84 Å². The highest BCUT2D eigenvalue weighted by Crippen LogP contribution is 2.28. The maximum absolute atomic E-state index is 10.5.